The Labute approximate surface area is 42.0 Å². The predicted molar refractivity (Wildman–Crippen MR) is 24.1 cm³/mol. The third kappa shape index (κ3) is 1.11. The molecule has 1 aliphatic rings. The van der Waals surface area contributed by atoms with E-state index in [1.807, 2.05) is 0 Å². The Kier molecular flexibility index (Phi) is 1.25. The molecule has 0 aromatic heterocycles. The molecule has 1 fully saturated rings. The van der Waals surface area contributed by atoms with E-state index >= 15 is 0 Å². The number of aliphatic hydroxyl groups is 1. The van der Waals surface area contributed by atoms with Crippen molar-refractivity contribution < 1.29 is 14.5 Å². The Bertz CT molecular complexity index is 85.0. The average molecular weight is 97.7 g/mol. The van der Waals surface area contributed by atoms with Crippen molar-refractivity contribution in [3.63, 3.8) is 0 Å². The van der Waals surface area contributed by atoms with Crippen molar-refractivity contribution in [1.82, 2.24) is 0 Å². The number of hydrogen-bond donors (Lipinski definition) is 1. The van der Waals surface area contributed by atoms with E-state index in [9.17, 15) is 4.70 Å². The van der Waals surface area contributed by atoms with Crippen LogP contribution in [0.4, 0.5) is 0 Å². The van der Waals surface area contributed by atoms with E-state index in [0.717, 1.165) is 7.15 Å². The molecule has 1 atom stereocenters. The van der Waals surface area contributed by atoms with Crippen LogP contribution in [0.3, 0.4) is 0 Å². The maximum atomic E-state index is 9.61. The average Bonchev–Trinajstić information content (AvgIpc) is 2.22. The molecule has 1 aliphatic heterocycles. The molecule has 1 unspecified atom stereocenters. The summed E-state index contributed by atoms with van der Waals surface area (Å²) in [5.74, 6) is 0. The van der Waals surface area contributed by atoms with Gasteiger partial charge in [0.15, 0.2) is 0 Å². The van der Waals surface area contributed by atoms with Gasteiger partial charge in [-0.05, 0) is 0 Å². The summed E-state index contributed by atoms with van der Waals surface area (Å²) < 4.78 is 14.1. The van der Waals surface area contributed by atoms with Gasteiger partial charge in [-0.15, -0.1) is 0 Å². The monoisotopic (exact) mass is 98.0 g/mol. The summed E-state index contributed by atoms with van der Waals surface area (Å²) in [6, 6.07) is 0. The van der Waals surface area contributed by atoms with Gasteiger partial charge in [0.25, 0.3) is 0 Å². The first-order valence-corrected chi connectivity index (χ1v) is 2.12. The van der Waals surface area contributed by atoms with Gasteiger partial charge in [0.2, 0.25) is 0 Å². The molecule has 1 saturated heterocycles. The predicted octanol–water partition coefficient (Wildman–Crippen LogP) is -1.13. The van der Waals surface area contributed by atoms with E-state index in [1.54, 1.807) is 0 Å². The molecule has 0 aromatic carbocycles. The van der Waals surface area contributed by atoms with Crippen molar-refractivity contribution >= 4 is 14.1 Å². The quantitative estimate of drug-likeness (QED) is 0.351. The van der Waals surface area contributed by atoms with E-state index in [0.29, 0.717) is 6.22 Å². The van der Waals surface area contributed by atoms with Gasteiger partial charge in [0.05, 0.1) is 0 Å². The fraction of sp³-hybridized carbons (Fsp3) is 1.00. The second kappa shape index (κ2) is 1.76. The third-order valence-electron chi connectivity index (χ3n) is 0.884. The number of aliphatic hydroxyl groups excluding tert-OH is 1. The summed E-state index contributed by atoms with van der Waals surface area (Å²) in [7, 11) is 0.737. The van der Waals surface area contributed by atoms with Crippen LogP contribution in [0.15, 0.2) is 0 Å². The SMILES string of the molecule is O=BCB1OC1O. The zero-order valence-corrected chi connectivity index (χ0v) is 3.70. The fourth-order valence-electron chi connectivity index (χ4n) is 0.401. The molecule has 3 nitrogen and oxygen atoms in total. The van der Waals surface area contributed by atoms with Crippen LogP contribution in [0.25, 0.3) is 0 Å². The topological polar surface area (TPSA) is 49.8 Å². The van der Waals surface area contributed by atoms with Crippen LogP contribution >= 0.6 is 0 Å². The molecule has 0 aliphatic carbocycles. The van der Waals surface area contributed by atoms with E-state index in [2.05, 4.69) is 4.65 Å². The third-order valence-corrected chi connectivity index (χ3v) is 0.884. The molecule has 0 amide bonds. The summed E-state index contributed by atoms with van der Waals surface area (Å²) in [5, 5.41) is 8.38. The Morgan fingerprint density at radius 1 is 2.00 bits per heavy atom. The van der Waals surface area contributed by atoms with Gasteiger partial charge in [-0.2, -0.15) is 0 Å². The van der Waals surface area contributed by atoms with Gasteiger partial charge in [0.1, 0.15) is 0 Å². The Morgan fingerprint density at radius 3 is 2.71 bits per heavy atom. The molecular formula is C2H4B2O3. The Morgan fingerprint density at radius 2 is 2.57 bits per heavy atom. The van der Waals surface area contributed by atoms with Gasteiger partial charge in [-0.1, -0.05) is 0 Å². The maximum absolute atomic E-state index is 9.61. The van der Waals surface area contributed by atoms with Crippen molar-refractivity contribution in [2.75, 3.05) is 0 Å². The van der Waals surface area contributed by atoms with Crippen molar-refractivity contribution in [2.45, 2.75) is 12.4 Å². The van der Waals surface area contributed by atoms with Crippen LogP contribution in [0.1, 0.15) is 0 Å². The molecule has 0 aromatic rings. The van der Waals surface area contributed by atoms with Crippen molar-refractivity contribution in [3.05, 3.63) is 0 Å². The van der Waals surface area contributed by atoms with E-state index in [1.165, 1.54) is 0 Å². The standard InChI is InChI=1S/C2H4B2O3/c5-2-4(7-2)1-3-6/h2,5H,1H2. The van der Waals surface area contributed by atoms with Crippen molar-refractivity contribution in [3.8, 4) is 0 Å². The molecule has 36 valence electrons. The molecule has 7 heavy (non-hydrogen) atoms. The Balaban J connectivity index is 2.08. The minimum absolute atomic E-state index is 0.197. The zero-order valence-electron chi connectivity index (χ0n) is 3.70. The number of rotatable bonds is 2. The van der Waals surface area contributed by atoms with E-state index in [-0.39, 0.29) is 6.92 Å². The minimum atomic E-state index is -0.662. The molecule has 0 radical (unpaired) electrons. The van der Waals surface area contributed by atoms with Gasteiger partial charge in [-0.25, -0.2) is 0 Å². The summed E-state index contributed by atoms with van der Waals surface area (Å²) in [6.45, 7) is -0.197. The van der Waals surface area contributed by atoms with Crippen LogP contribution < -0.4 is 0 Å². The van der Waals surface area contributed by atoms with Crippen LogP contribution in [-0.2, 0) is 9.36 Å². The molecule has 0 spiro atoms. The first kappa shape index (κ1) is 5.00. The molecule has 1 rings (SSSR count). The van der Waals surface area contributed by atoms with Gasteiger partial charge < -0.3 is 0 Å². The van der Waals surface area contributed by atoms with Crippen molar-refractivity contribution in [1.29, 1.82) is 0 Å². The first-order valence-electron chi connectivity index (χ1n) is 2.12. The van der Waals surface area contributed by atoms with E-state index < -0.39 is 6.19 Å². The van der Waals surface area contributed by atoms with Crippen LogP contribution in [0.2, 0.25) is 6.22 Å². The second-order valence-corrected chi connectivity index (χ2v) is 1.47. The second-order valence-electron chi connectivity index (χ2n) is 1.47. The Hall–Kier alpha value is -0.150. The normalized spacial score (nSPS) is 27.0. The summed E-state index contributed by atoms with van der Waals surface area (Å²) >= 11 is 0. The summed E-state index contributed by atoms with van der Waals surface area (Å²) in [5.41, 5.74) is 0. The number of hydrogen-bond acceptors (Lipinski definition) is 3. The molecule has 0 saturated carbocycles. The molecular weight excluding hydrogens is 93.6 g/mol. The summed E-state index contributed by atoms with van der Waals surface area (Å²) in [4.78, 5) is 0. The summed E-state index contributed by atoms with van der Waals surface area (Å²) in [6.07, 6.45) is -0.341. The van der Waals surface area contributed by atoms with Gasteiger partial charge in [-0.3, -0.25) is 0 Å². The van der Waals surface area contributed by atoms with Crippen LogP contribution in [0.5, 0.6) is 0 Å². The molecule has 5 heteroatoms. The van der Waals surface area contributed by atoms with E-state index in [4.69, 9.17) is 5.11 Å². The molecule has 1 heterocycles. The van der Waals surface area contributed by atoms with Gasteiger partial charge >= 0.3 is 40.9 Å². The van der Waals surface area contributed by atoms with Crippen LogP contribution in [0, 0.1) is 0 Å². The molecule has 1 N–H and O–H groups in total. The fourth-order valence-corrected chi connectivity index (χ4v) is 0.401. The first-order chi connectivity index (χ1) is 3.34. The van der Waals surface area contributed by atoms with Crippen molar-refractivity contribution in [2.24, 2.45) is 0 Å². The molecule has 0 bridgehead atoms. The van der Waals surface area contributed by atoms with Crippen LogP contribution in [-0.4, -0.2) is 25.4 Å². The zero-order chi connectivity index (χ0) is 5.28. The van der Waals surface area contributed by atoms with Gasteiger partial charge in [0, 0.05) is 0 Å².